The van der Waals surface area contributed by atoms with Crippen LogP contribution in [0.15, 0.2) is 14.4 Å². The molecular weight excluding hydrogens is 474 g/mol. The van der Waals surface area contributed by atoms with Crippen LogP contribution in [0.1, 0.15) is 54.9 Å². The first-order valence-corrected chi connectivity index (χ1v) is 9.48. The molecule has 0 saturated heterocycles. The lowest BCUT2D eigenvalue weighted by Gasteiger charge is -2.20. The van der Waals surface area contributed by atoms with Crippen molar-refractivity contribution in [3.63, 3.8) is 0 Å². The van der Waals surface area contributed by atoms with Crippen molar-refractivity contribution in [3.05, 3.63) is 31.5 Å². The van der Waals surface area contributed by atoms with Crippen molar-refractivity contribution in [2.75, 3.05) is 0 Å². The zero-order valence-electron chi connectivity index (χ0n) is 12.1. The molecule has 21 heavy (non-hydrogen) atoms. The highest BCUT2D eigenvalue weighted by Crippen LogP contribution is 2.19. The average Bonchev–Trinajstić information content (AvgIpc) is 2.46. The number of aromatic nitrogens is 3. The summed E-state index contributed by atoms with van der Waals surface area (Å²) in [6.07, 6.45) is 1.64. The van der Waals surface area contributed by atoms with Crippen LogP contribution in [0.25, 0.3) is 0 Å². The van der Waals surface area contributed by atoms with E-state index in [1.807, 2.05) is 20.8 Å². The molecule has 0 aromatic carbocycles. The summed E-state index contributed by atoms with van der Waals surface area (Å²) in [4.78, 5) is 36.2. The molecule has 6 nitrogen and oxygen atoms in total. The first-order valence-electron chi connectivity index (χ1n) is 6.73. The monoisotopic (exact) mass is 489 g/mol. The van der Waals surface area contributed by atoms with E-state index >= 15 is 0 Å². The third-order valence-corrected chi connectivity index (χ3v) is 6.26. The van der Waals surface area contributed by atoms with Crippen LogP contribution in [0.3, 0.4) is 0 Å². The average molecular weight is 492 g/mol. The van der Waals surface area contributed by atoms with E-state index in [2.05, 4.69) is 47.8 Å². The molecule has 0 spiro atoms. The Morgan fingerprint density at radius 1 is 0.667 bits per heavy atom. The van der Waals surface area contributed by atoms with Gasteiger partial charge in [-0.2, -0.15) is 0 Å². The lowest BCUT2D eigenvalue weighted by Crippen LogP contribution is -2.55. The van der Waals surface area contributed by atoms with Gasteiger partial charge in [-0.1, -0.05) is 68.6 Å². The standard InChI is InChI=1S/C12H18Br3N3O3/c1-4-7(13)16-10(19)17(8(14)5-2)12(21)18(11(16)20)9(15)6-3/h7-9H,4-6H2,1-3H3. The SMILES string of the molecule is CCC(Br)n1c(=O)n(C(Br)CC)c(=O)n(C(Br)CC)c1=O. The Bertz CT molecular complexity index is 544. The van der Waals surface area contributed by atoms with E-state index in [1.54, 1.807) is 0 Å². The first kappa shape index (κ1) is 18.9. The van der Waals surface area contributed by atoms with Crippen molar-refractivity contribution in [2.24, 2.45) is 0 Å². The van der Waals surface area contributed by atoms with Gasteiger partial charge < -0.3 is 0 Å². The summed E-state index contributed by atoms with van der Waals surface area (Å²) in [5.41, 5.74) is -1.82. The molecule has 0 fully saturated rings. The van der Waals surface area contributed by atoms with Gasteiger partial charge in [0.05, 0.1) is 14.9 Å². The van der Waals surface area contributed by atoms with Gasteiger partial charge in [0.1, 0.15) is 0 Å². The maximum absolute atomic E-state index is 12.5. The summed E-state index contributed by atoms with van der Waals surface area (Å²) >= 11 is 9.98. The fourth-order valence-electron chi connectivity index (χ4n) is 1.86. The van der Waals surface area contributed by atoms with Gasteiger partial charge in [0.15, 0.2) is 0 Å². The highest BCUT2D eigenvalue weighted by Gasteiger charge is 2.24. The van der Waals surface area contributed by atoms with Crippen molar-refractivity contribution in [3.8, 4) is 0 Å². The summed E-state index contributed by atoms with van der Waals surface area (Å²) in [5, 5.41) is 0. The molecule has 0 aliphatic carbocycles. The highest BCUT2D eigenvalue weighted by molar-refractivity contribution is 9.09. The lowest BCUT2D eigenvalue weighted by molar-refractivity contribution is 0.432. The molecule has 1 heterocycles. The molecule has 0 radical (unpaired) electrons. The van der Waals surface area contributed by atoms with Crippen LogP contribution in [0.2, 0.25) is 0 Å². The molecule has 0 N–H and O–H groups in total. The summed E-state index contributed by atoms with van der Waals surface area (Å²) in [6, 6.07) is 0. The van der Waals surface area contributed by atoms with Gasteiger partial charge in [0.2, 0.25) is 0 Å². The van der Waals surface area contributed by atoms with Crippen LogP contribution in [-0.4, -0.2) is 13.7 Å². The van der Waals surface area contributed by atoms with Crippen molar-refractivity contribution >= 4 is 47.8 Å². The fraction of sp³-hybridized carbons (Fsp3) is 0.750. The van der Waals surface area contributed by atoms with Gasteiger partial charge in [-0.05, 0) is 19.3 Å². The number of hydrogen-bond acceptors (Lipinski definition) is 3. The second-order valence-electron chi connectivity index (χ2n) is 4.49. The molecule has 1 rings (SSSR count). The molecule has 3 unspecified atom stereocenters. The molecule has 0 saturated carbocycles. The van der Waals surface area contributed by atoms with Gasteiger partial charge >= 0.3 is 17.1 Å². The molecule has 1 aromatic rings. The van der Waals surface area contributed by atoms with E-state index in [4.69, 9.17) is 0 Å². The van der Waals surface area contributed by atoms with Gasteiger partial charge in [0, 0.05) is 0 Å². The fourth-order valence-corrected chi connectivity index (χ4v) is 2.91. The predicted octanol–water partition coefficient (Wildman–Crippen LogP) is 3.08. The maximum atomic E-state index is 12.5. The Morgan fingerprint density at radius 3 is 1.00 bits per heavy atom. The molecule has 3 atom stereocenters. The minimum atomic E-state index is -0.607. The molecule has 9 heteroatoms. The third-order valence-electron chi connectivity index (χ3n) is 3.09. The smallest absolute Gasteiger partial charge is 0.247 e. The van der Waals surface area contributed by atoms with Gasteiger partial charge in [-0.15, -0.1) is 0 Å². The molecule has 0 amide bonds. The second-order valence-corrected chi connectivity index (χ2v) is 7.66. The number of nitrogens with zero attached hydrogens (tertiary/aromatic N) is 3. The van der Waals surface area contributed by atoms with Crippen LogP contribution in [0, 0.1) is 0 Å². The largest absolute Gasteiger partial charge is 0.338 e. The Labute approximate surface area is 147 Å². The third kappa shape index (κ3) is 3.61. The summed E-state index contributed by atoms with van der Waals surface area (Å²) in [6.45, 7) is 5.55. The second kappa shape index (κ2) is 7.92. The lowest BCUT2D eigenvalue weighted by atomic mass is 10.4. The zero-order valence-corrected chi connectivity index (χ0v) is 16.8. The number of alkyl halides is 3. The predicted molar refractivity (Wildman–Crippen MR) is 94.0 cm³/mol. The summed E-state index contributed by atoms with van der Waals surface area (Å²) in [5.74, 6) is 0. The molecule has 0 bridgehead atoms. The van der Waals surface area contributed by atoms with Crippen LogP contribution in [0.4, 0.5) is 0 Å². The normalized spacial score (nSPS) is 15.7. The quantitative estimate of drug-likeness (QED) is 0.574. The van der Waals surface area contributed by atoms with E-state index < -0.39 is 31.9 Å². The molecule has 0 aliphatic heterocycles. The van der Waals surface area contributed by atoms with E-state index in [9.17, 15) is 14.4 Å². The summed E-state index contributed by atoms with van der Waals surface area (Å²) in [7, 11) is 0. The highest BCUT2D eigenvalue weighted by atomic mass is 79.9. The van der Waals surface area contributed by atoms with E-state index in [0.717, 1.165) is 13.7 Å². The number of rotatable bonds is 6. The minimum absolute atomic E-state index is 0.455. The topological polar surface area (TPSA) is 66.0 Å². The van der Waals surface area contributed by atoms with Gasteiger partial charge in [0.25, 0.3) is 0 Å². The van der Waals surface area contributed by atoms with E-state index in [1.165, 1.54) is 0 Å². The van der Waals surface area contributed by atoms with Crippen molar-refractivity contribution in [1.29, 1.82) is 0 Å². The molecule has 1 aromatic heterocycles. The zero-order chi connectivity index (χ0) is 16.3. The van der Waals surface area contributed by atoms with Gasteiger partial charge in [-0.3, -0.25) is 0 Å². The maximum Gasteiger partial charge on any atom is 0.338 e. The summed E-state index contributed by atoms with van der Waals surface area (Å²) < 4.78 is 3.24. The van der Waals surface area contributed by atoms with Crippen molar-refractivity contribution in [2.45, 2.75) is 54.9 Å². The van der Waals surface area contributed by atoms with Crippen LogP contribution in [0.5, 0.6) is 0 Å². The van der Waals surface area contributed by atoms with Gasteiger partial charge in [-0.25, -0.2) is 28.1 Å². The van der Waals surface area contributed by atoms with E-state index in [-0.39, 0.29) is 0 Å². The van der Waals surface area contributed by atoms with Crippen LogP contribution < -0.4 is 17.1 Å². The Balaban J connectivity index is 3.89. The van der Waals surface area contributed by atoms with E-state index in [0.29, 0.717) is 19.3 Å². The van der Waals surface area contributed by atoms with Crippen molar-refractivity contribution < 1.29 is 0 Å². The first-order chi connectivity index (χ1) is 9.81. The molecular formula is C12H18Br3N3O3. The number of hydrogen-bond donors (Lipinski definition) is 0. The molecule has 0 aliphatic rings. The van der Waals surface area contributed by atoms with Crippen LogP contribution in [-0.2, 0) is 0 Å². The number of halogens is 3. The van der Waals surface area contributed by atoms with Crippen LogP contribution >= 0.6 is 47.8 Å². The minimum Gasteiger partial charge on any atom is -0.247 e. The van der Waals surface area contributed by atoms with Crippen molar-refractivity contribution in [1.82, 2.24) is 13.7 Å². The Morgan fingerprint density at radius 2 is 0.857 bits per heavy atom. The molecule has 120 valence electrons. The Kier molecular flexibility index (Phi) is 7.12. The Hall–Kier alpha value is -0.150.